The second-order valence-electron chi connectivity index (χ2n) is 2.42. The van der Waals surface area contributed by atoms with Gasteiger partial charge in [-0.1, -0.05) is 13.8 Å². The van der Waals surface area contributed by atoms with Gasteiger partial charge in [-0.3, -0.25) is 4.79 Å². The minimum absolute atomic E-state index is 0.196. The molecule has 0 atom stereocenters. The molecule has 0 aliphatic heterocycles. The van der Waals surface area contributed by atoms with Gasteiger partial charge in [-0.2, -0.15) is 5.26 Å². The topological polar surface area (TPSA) is 50.1 Å². The van der Waals surface area contributed by atoms with Gasteiger partial charge in [-0.25, -0.2) is 0 Å². The lowest BCUT2D eigenvalue weighted by atomic mass is 10.2. The molecule has 0 aliphatic rings. The summed E-state index contributed by atoms with van der Waals surface area (Å²) < 4.78 is 4.66. The van der Waals surface area contributed by atoms with E-state index in [-0.39, 0.29) is 5.97 Å². The summed E-state index contributed by atoms with van der Waals surface area (Å²) in [5.74, 6) is 0.248. The molecule has 0 heterocycles. The molecule has 0 fully saturated rings. The Morgan fingerprint density at radius 1 is 1.64 bits per heavy atom. The fraction of sp³-hybridized carbons (Fsp3) is 0.750. The van der Waals surface area contributed by atoms with E-state index in [1.54, 1.807) is 6.07 Å². The standard InChI is InChI=1S/C6H12O2.C2H3N/c1-5(2)4-8-6(3)7;1-2-3/h5H,4H2,1-3H3;1H3. The highest BCUT2D eigenvalue weighted by Crippen LogP contribution is 1.91. The molecule has 0 unspecified atom stereocenters. The number of rotatable bonds is 2. The number of hydrogen-bond donors (Lipinski definition) is 0. The van der Waals surface area contributed by atoms with E-state index < -0.39 is 0 Å². The van der Waals surface area contributed by atoms with Crippen LogP contribution in [-0.4, -0.2) is 12.6 Å². The van der Waals surface area contributed by atoms with Crippen LogP contribution < -0.4 is 0 Å². The summed E-state index contributed by atoms with van der Waals surface area (Å²) in [6.45, 7) is 7.39. The van der Waals surface area contributed by atoms with Crippen molar-refractivity contribution in [1.82, 2.24) is 0 Å². The molecular weight excluding hydrogens is 142 g/mol. The molecule has 0 radical (unpaired) electrons. The maximum absolute atomic E-state index is 10.1. The van der Waals surface area contributed by atoms with E-state index in [1.165, 1.54) is 13.8 Å². The van der Waals surface area contributed by atoms with Crippen LogP contribution in [0.5, 0.6) is 0 Å². The number of nitrogens with zero attached hydrogens (tertiary/aromatic N) is 1. The van der Waals surface area contributed by atoms with Crippen LogP contribution in [0, 0.1) is 17.2 Å². The molecule has 0 bridgehead atoms. The van der Waals surface area contributed by atoms with E-state index in [0.717, 1.165) is 0 Å². The number of carbonyl (C=O) groups is 1. The predicted octanol–water partition coefficient (Wildman–Crippen LogP) is 1.74. The van der Waals surface area contributed by atoms with E-state index in [9.17, 15) is 4.79 Å². The molecule has 11 heavy (non-hydrogen) atoms. The average molecular weight is 157 g/mol. The maximum atomic E-state index is 10.1. The second-order valence-corrected chi connectivity index (χ2v) is 2.42. The van der Waals surface area contributed by atoms with Gasteiger partial charge in [0.25, 0.3) is 0 Å². The lowest BCUT2D eigenvalue weighted by Gasteiger charge is -2.02. The Bertz CT molecular complexity index is 136. The third-order valence-electron chi connectivity index (χ3n) is 0.620. The number of esters is 1. The highest BCUT2D eigenvalue weighted by Gasteiger charge is 1.94. The lowest BCUT2D eigenvalue weighted by Crippen LogP contribution is -2.05. The molecule has 64 valence electrons. The van der Waals surface area contributed by atoms with E-state index in [1.807, 2.05) is 13.8 Å². The molecule has 3 nitrogen and oxygen atoms in total. The first kappa shape index (κ1) is 12.6. The summed E-state index contributed by atoms with van der Waals surface area (Å²) in [5, 5.41) is 7.32. The smallest absolute Gasteiger partial charge is 0.302 e. The van der Waals surface area contributed by atoms with Gasteiger partial charge >= 0.3 is 5.97 Å². The molecule has 0 amide bonds. The van der Waals surface area contributed by atoms with Crippen LogP contribution in [0.4, 0.5) is 0 Å². The third-order valence-corrected chi connectivity index (χ3v) is 0.620. The minimum Gasteiger partial charge on any atom is -0.466 e. The van der Waals surface area contributed by atoms with Crippen LogP contribution in [0.1, 0.15) is 27.7 Å². The van der Waals surface area contributed by atoms with Gasteiger partial charge in [-0.05, 0) is 5.92 Å². The SMILES string of the molecule is CC#N.CC(=O)OCC(C)C. The Hall–Kier alpha value is -1.04. The van der Waals surface area contributed by atoms with Gasteiger partial charge in [0.15, 0.2) is 0 Å². The summed E-state index contributed by atoms with van der Waals surface area (Å²) in [7, 11) is 0. The molecule has 0 aromatic carbocycles. The average Bonchev–Trinajstić information content (AvgIpc) is 1.85. The van der Waals surface area contributed by atoms with Gasteiger partial charge in [0.05, 0.1) is 12.7 Å². The second kappa shape index (κ2) is 8.96. The van der Waals surface area contributed by atoms with Crippen molar-refractivity contribution in [3.63, 3.8) is 0 Å². The van der Waals surface area contributed by atoms with E-state index in [2.05, 4.69) is 4.74 Å². The quantitative estimate of drug-likeness (QED) is 0.573. The maximum Gasteiger partial charge on any atom is 0.302 e. The highest BCUT2D eigenvalue weighted by atomic mass is 16.5. The summed E-state index contributed by atoms with van der Waals surface area (Å²) in [4.78, 5) is 10.1. The Morgan fingerprint density at radius 3 is 2.09 bits per heavy atom. The molecule has 0 rings (SSSR count). The van der Waals surface area contributed by atoms with Crippen molar-refractivity contribution < 1.29 is 9.53 Å². The molecule has 0 aromatic rings. The van der Waals surface area contributed by atoms with Gasteiger partial charge < -0.3 is 4.74 Å². The van der Waals surface area contributed by atoms with Crippen molar-refractivity contribution >= 4 is 5.97 Å². The van der Waals surface area contributed by atoms with Crippen molar-refractivity contribution in [2.75, 3.05) is 6.61 Å². The first-order valence-electron chi connectivity index (χ1n) is 3.48. The summed E-state index contributed by atoms with van der Waals surface area (Å²) in [5.41, 5.74) is 0. The van der Waals surface area contributed by atoms with E-state index >= 15 is 0 Å². The van der Waals surface area contributed by atoms with Gasteiger partial charge in [0.1, 0.15) is 0 Å². The first-order valence-corrected chi connectivity index (χ1v) is 3.48. The van der Waals surface area contributed by atoms with Crippen LogP contribution >= 0.6 is 0 Å². The zero-order valence-electron chi connectivity index (χ0n) is 7.55. The van der Waals surface area contributed by atoms with Crippen LogP contribution in [0.3, 0.4) is 0 Å². The highest BCUT2D eigenvalue weighted by molar-refractivity contribution is 5.65. The Balaban J connectivity index is 0. The molecule has 0 aliphatic carbocycles. The summed E-state index contributed by atoms with van der Waals surface area (Å²) >= 11 is 0. The third kappa shape index (κ3) is 27.7. The first-order chi connectivity index (χ1) is 5.04. The number of hydrogen-bond acceptors (Lipinski definition) is 3. The van der Waals surface area contributed by atoms with Gasteiger partial charge in [0.2, 0.25) is 0 Å². The van der Waals surface area contributed by atoms with Crippen LogP contribution in [0.25, 0.3) is 0 Å². The molecule has 0 saturated heterocycles. The largest absolute Gasteiger partial charge is 0.466 e. The molecule has 3 heteroatoms. The fourth-order valence-electron chi connectivity index (χ4n) is 0.284. The monoisotopic (exact) mass is 157 g/mol. The van der Waals surface area contributed by atoms with Crippen molar-refractivity contribution in [2.24, 2.45) is 5.92 Å². The Labute approximate surface area is 68.0 Å². The van der Waals surface area contributed by atoms with Crippen LogP contribution in [0.15, 0.2) is 0 Å². The zero-order valence-corrected chi connectivity index (χ0v) is 7.55. The molecule has 0 aromatic heterocycles. The van der Waals surface area contributed by atoms with E-state index in [0.29, 0.717) is 12.5 Å². The number of ether oxygens (including phenoxy) is 1. The Kier molecular flexibility index (Phi) is 10.3. The zero-order chi connectivity index (χ0) is 9.28. The molecule has 0 spiro atoms. The molecular formula is C8H15NO2. The normalized spacial score (nSPS) is 7.64. The van der Waals surface area contributed by atoms with Crippen LogP contribution in [0.2, 0.25) is 0 Å². The number of nitriles is 1. The summed E-state index contributed by atoms with van der Waals surface area (Å²) in [6, 6.07) is 1.75. The van der Waals surface area contributed by atoms with Gasteiger partial charge in [0, 0.05) is 13.8 Å². The molecule has 0 N–H and O–H groups in total. The van der Waals surface area contributed by atoms with Crippen LogP contribution in [-0.2, 0) is 9.53 Å². The number of carbonyl (C=O) groups excluding carboxylic acids is 1. The van der Waals surface area contributed by atoms with E-state index in [4.69, 9.17) is 5.26 Å². The molecule has 0 saturated carbocycles. The van der Waals surface area contributed by atoms with Crippen molar-refractivity contribution in [3.05, 3.63) is 0 Å². The lowest BCUT2D eigenvalue weighted by molar-refractivity contribution is -0.141. The van der Waals surface area contributed by atoms with Crippen molar-refractivity contribution in [2.45, 2.75) is 27.7 Å². The Morgan fingerprint density at radius 2 is 2.00 bits per heavy atom. The predicted molar refractivity (Wildman–Crippen MR) is 42.8 cm³/mol. The van der Waals surface area contributed by atoms with Crippen molar-refractivity contribution in [1.29, 1.82) is 5.26 Å². The minimum atomic E-state index is -0.196. The fourth-order valence-corrected chi connectivity index (χ4v) is 0.284. The van der Waals surface area contributed by atoms with Gasteiger partial charge in [-0.15, -0.1) is 0 Å². The summed E-state index contributed by atoms with van der Waals surface area (Å²) in [6.07, 6.45) is 0. The van der Waals surface area contributed by atoms with Crippen molar-refractivity contribution in [3.8, 4) is 6.07 Å².